The monoisotopic (exact) mass is 260 g/mol. The van der Waals surface area contributed by atoms with E-state index < -0.39 is 0 Å². The van der Waals surface area contributed by atoms with Crippen molar-refractivity contribution in [2.45, 2.75) is 25.5 Å². The summed E-state index contributed by atoms with van der Waals surface area (Å²) >= 11 is 7.16. The third-order valence-electron chi connectivity index (χ3n) is 2.84. The minimum Gasteiger partial charge on any atom is -0.376 e. The van der Waals surface area contributed by atoms with Crippen LogP contribution in [0.25, 0.3) is 0 Å². The molecule has 2 unspecified atom stereocenters. The molecule has 0 saturated carbocycles. The maximum Gasteiger partial charge on any atom is 0.187 e. The van der Waals surface area contributed by atoms with Gasteiger partial charge in [-0.15, -0.1) is 0 Å². The zero-order valence-electron chi connectivity index (χ0n) is 9.14. The van der Waals surface area contributed by atoms with E-state index in [4.69, 9.17) is 16.3 Å². The number of thiazole rings is 1. The van der Waals surface area contributed by atoms with Gasteiger partial charge >= 0.3 is 0 Å². The molecule has 4 nitrogen and oxygen atoms in total. The molecule has 1 fully saturated rings. The highest BCUT2D eigenvalue weighted by molar-refractivity contribution is 7.17. The molecule has 1 saturated heterocycles. The maximum absolute atomic E-state index is 10.7. The van der Waals surface area contributed by atoms with Gasteiger partial charge in [-0.05, 0) is 13.3 Å². The Hall–Kier alpha value is -0.650. The second-order valence-corrected chi connectivity index (χ2v) is 5.18. The van der Waals surface area contributed by atoms with E-state index in [0.717, 1.165) is 24.4 Å². The maximum atomic E-state index is 10.7. The van der Waals surface area contributed by atoms with Crippen LogP contribution < -0.4 is 4.90 Å². The van der Waals surface area contributed by atoms with Gasteiger partial charge in [-0.3, -0.25) is 4.79 Å². The quantitative estimate of drug-likeness (QED) is 0.782. The summed E-state index contributed by atoms with van der Waals surface area (Å²) in [6.45, 7) is 2.82. The number of carbonyl (C=O) groups excluding carboxylic acids is 1. The fourth-order valence-electron chi connectivity index (χ4n) is 1.90. The van der Waals surface area contributed by atoms with E-state index in [0.29, 0.717) is 10.9 Å². The number of ether oxygens (including phenoxy) is 1. The number of hydrogen-bond acceptors (Lipinski definition) is 5. The minimum absolute atomic E-state index is 0.187. The van der Waals surface area contributed by atoms with Gasteiger partial charge in [0.25, 0.3) is 0 Å². The van der Waals surface area contributed by atoms with Gasteiger partial charge in [-0.2, -0.15) is 0 Å². The molecule has 0 spiro atoms. The van der Waals surface area contributed by atoms with Crippen molar-refractivity contribution in [1.82, 2.24) is 4.98 Å². The van der Waals surface area contributed by atoms with Crippen molar-refractivity contribution < 1.29 is 9.53 Å². The fraction of sp³-hybridized carbons (Fsp3) is 0.600. The Morgan fingerprint density at radius 3 is 2.94 bits per heavy atom. The van der Waals surface area contributed by atoms with Gasteiger partial charge in [0.2, 0.25) is 0 Å². The molecular formula is C10H13ClN2O2S. The molecule has 1 aliphatic rings. The molecule has 88 valence electrons. The molecule has 1 aromatic rings. The first-order valence-corrected chi connectivity index (χ1v) is 6.29. The van der Waals surface area contributed by atoms with Crippen LogP contribution in [0.3, 0.4) is 0 Å². The number of likely N-dealkylation sites (N-methyl/N-ethyl adjacent to an activating group) is 1. The molecule has 16 heavy (non-hydrogen) atoms. The van der Waals surface area contributed by atoms with Crippen molar-refractivity contribution in [1.29, 1.82) is 0 Å². The zero-order valence-corrected chi connectivity index (χ0v) is 10.7. The number of hydrogen-bond donors (Lipinski definition) is 0. The van der Waals surface area contributed by atoms with Crippen LogP contribution in [0.4, 0.5) is 5.13 Å². The number of carbonyl (C=O) groups is 1. The highest BCUT2D eigenvalue weighted by Crippen LogP contribution is 2.31. The molecule has 2 heterocycles. The first kappa shape index (κ1) is 11.8. The molecule has 0 aliphatic carbocycles. The Labute approximate surface area is 103 Å². The van der Waals surface area contributed by atoms with Crippen LogP contribution in [0.1, 0.15) is 23.0 Å². The smallest absolute Gasteiger partial charge is 0.187 e. The van der Waals surface area contributed by atoms with Gasteiger partial charge in [-0.1, -0.05) is 22.9 Å². The summed E-state index contributed by atoms with van der Waals surface area (Å²) in [5.74, 6) is 0. The lowest BCUT2D eigenvalue weighted by atomic mass is 10.1. The normalized spacial score (nSPS) is 24.7. The van der Waals surface area contributed by atoms with Crippen molar-refractivity contribution in [3.05, 3.63) is 10.0 Å². The number of aldehydes is 1. The van der Waals surface area contributed by atoms with Crippen LogP contribution in [-0.2, 0) is 4.74 Å². The van der Waals surface area contributed by atoms with E-state index >= 15 is 0 Å². The van der Waals surface area contributed by atoms with Crippen LogP contribution >= 0.6 is 22.9 Å². The minimum atomic E-state index is 0.187. The van der Waals surface area contributed by atoms with E-state index in [-0.39, 0.29) is 11.3 Å². The van der Waals surface area contributed by atoms with Crippen LogP contribution in [0, 0.1) is 0 Å². The van der Waals surface area contributed by atoms with Crippen LogP contribution in [-0.4, -0.2) is 37.1 Å². The van der Waals surface area contributed by atoms with E-state index in [1.54, 1.807) is 0 Å². The van der Waals surface area contributed by atoms with Gasteiger partial charge in [0, 0.05) is 13.7 Å². The summed E-state index contributed by atoms with van der Waals surface area (Å²) in [6, 6.07) is 0.307. The number of rotatable bonds is 3. The van der Waals surface area contributed by atoms with Gasteiger partial charge < -0.3 is 9.64 Å². The first-order valence-electron chi connectivity index (χ1n) is 5.09. The molecule has 0 bridgehead atoms. The fourth-order valence-corrected chi connectivity index (χ4v) is 2.98. The van der Waals surface area contributed by atoms with Crippen molar-refractivity contribution in [3.63, 3.8) is 0 Å². The Bertz CT molecular complexity index is 396. The lowest BCUT2D eigenvalue weighted by Crippen LogP contribution is -2.36. The van der Waals surface area contributed by atoms with Crippen molar-refractivity contribution >= 4 is 34.4 Å². The summed E-state index contributed by atoms with van der Waals surface area (Å²) in [7, 11) is 1.96. The Morgan fingerprint density at radius 1 is 1.69 bits per heavy atom. The number of aromatic nitrogens is 1. The Morgan fingerprint density at radius 2 is 2.44 bits per heavy atom. The molecule has 0 amide bonds. The van der Waals surface area contributed by atoms with Gasteiger partial charge in [0.1, 0.15) is 4.88 Å². The second kappa shape index (κ2) is 4.69. The van der Waals surface area contributed by atoms with Crippen molar-refractivity contribution in [3.8, 4) is 0 Å². The summed E-state index contributed by atoms with van der Waals surface area (Å²) in [4.78, 5) is 17.4. The Balaban J connectivity index is 2.19. The summed E-state index contributed by atoms with van der Waals surface area (Å²) in [6.07, 6.45) is 1.91. The molecule has 0 aromatic carbocycles. The summed E-state index contributed by atoms with van der Waals surface area (Å²) < 4.78 is 5.50. The third-order valence-corrected chi connectivity index (χ3v) is 4.31. The highest BCUT2D eigenvalue weighted by atomic mass is 35.5. The van der Waals surface area contributed by atoms with Crippen LogP contribution in [0.2, 0.25) is 5.15 Å². The summed E-state index contributed by atoms with van der Waals surface area (Å²) in [5.41, 5.74) is 0. The zero-order chi connectivity index (χ0) is 11.7. The topological polar surface area (TPSA) is 42.4 Å². The predicted octanol–water partition coefficient (Wildman–Crippen LogP) is 2.22. The van der Waals surface area contributed by atoms with E-state index in [1.165, 1.54) is 11.3 Å². The number of nitrogens with zero attached hydrogens (tertiary/aromatic N) is 2. The molecule has 2 rings (SSSR count). The molecule has 1 aromatic heterocycles. The van der Waals surface area contributed by atoms with Crippen LogP contribution in [0.5, 0.6) is 0 Å². The lowest BCUT2D eigenvalue weighted by molar-refractivity contribution is 0.112. The molecular weight excluding hydrogens is 248 g/mol. The number of halogens is 1. The molecule has 0 radical (unpaired) electrons. The van der Waals surface area contributed by atoms with Gasteiger partial charge in [-0.25, -0.2) is 4.98 Å². The third kappa shape index (κ3) is 2.07. The lowest BCUT2D eigenvalue weighted by Gasteiger charge is -2.25. The van der Waals surface area contributed by atoms with Gasteiger partial charge in [0.05, 0.1) is 12.1 Å². The van der Waals surface area contributed by atoms with Crippen LogP contribution in [0.15, 0.2) is 0 Å². The van der Waals surface area contributed by atoms with Gasteiger partial charge in [0.15, 0.2) is 16.6 Å². The average Bonchev–Trinajstić information content (AvgIpc) is 2.83. The molecule has 1 aliphatic heterocycles. The first-order chi connectivity index (χ1) is 7.63. The molecule has 2 atom stereocenters. The van der Waals surface area contributed by atoms with E-state index in [1.807, 2.05) is 18.9 Å². The molecule has 6 heteroatoms. The standard InChI is InChI=1S/C10H13ClN2O2S/c1-6-7(3-4-15-6)13(2)10-12-9(11)8(5-14)16-10/h5-7H,3-4H2,1-2H3. The molecule has 0 N–H and O–H groups in total. The second-order valence-electron chi connectivity index (χ2n) is 3.81. The summed E-state index contributed by atoms with van der Waals surface area (Å²) in [5, 5.41) is 1.06. The number of anilines is 1. The van der Waals surface area contributed by atoms with E-state index in [2.05, 4.69) is 4.98 Å². The van der Waals surface area contributed by atoms with Crippen molar-refractivity contribution in [2.75, 3.05) is 18.6 Å². The Kier molecular flexibility index (Phi) is 3.47. The SMILES string of the molecule is CC1OCCC1N(C)c1nc(Cl)c(C=O)s1. The predicted molar refractivity (Wildman–Crippen MR) is 64.7 cm³/mol. The van der Waals surface area contributed by atoms with E-state index in [9.17, 15) is 4.79 Å². The van der Waals surface area contributed by atoms with Crippen molar-refractivity contribution in [2.24, 2.45) is 0 Å². The average molecular weight is 261 g/mol. The largest absolute Gasteiger partial charge is 0.376 e. The highest BCUT2D eigenvalue weighted by Gasteiger charge is 2.29.